The molecular weight excluding hydrogens is 378 g/mol. The maximum atomic E-state index is 13.7. The highest BCUT2D eigenvalue weighted by atomic mass is 16.2. The van der Waals surface area contributed by atoms with Gasteiger partial charge in [0.05, 0.1) is 18.4 Å². The van der Waals surface area contributed by atoms with E-state index in [9.17, 15) is 4.79 Å². The van der Waals surface area contributed by atoms with Crippen molar-refractivity contribution in [1.82, 2.24) is 29.9 Å². The highest BCUT2D eigenvalue weighted by molar-refractivity contribution is 5.96. The van der Waals surface area contributed by atoms with E-state index in [1.165, 1.54) is 11.2 Å². The summed E-state index contributed by atoms with van der Waals surface area (Å²) in [6.07, 6.45) is 7.39. The van der Waals surface area contributed by atoms with Gasteiger partial charge < -0.3 is 10.2 Å². The number of amides is 1. The predicted molar refractivity (Wildman–Crippen MR) is 110 cm³/mol. The molecule has 2 saturated carbocycles. The molecule has 1 spiro atoms. The summed E-state index contributed by atoms with van der Waals surface area (Å²) in [4.78, 5) is 26.2. The van der Waals surface area contributed by atoms with Crippen molar-refractivity contribution in [2.45, 2.75) is 38.8 Å². The van der Waals surface area contributed by atoms with Gasteiger partial charge in [0.25, 0.3) is 5.91 Å². The monoisotopic (exact) mass is 401 g/mol. The third-order valence-corrected chi connectivity index (χ3v) is 6.96. The summed E-state index contributed by atoms with van der Waals surface area (Å²) >= 11 is 0. The fraction of sp³-hybridized carbons (Fsp3) is 0.409. The maximum Gasteiger partial charge on any atom is 0.275 e. The molecule has 1 amide bonds. The second kappa shape index (κ2) is 6.10. The zero-order valence-corrected chi connectivity index (χ0v) is 17.0. The first-order valence-electron chi connectivity index (χ1n) is 10.4. The lowest BCUT2D eigenvalue weighted by atomic mass is 9.71. The van der Waals surface area contributed by atoms with E-state index in [0.717, 1.165) is 30.0 Å². The molecule has 4 heterocycles. The topological polar surface area (TPSA) is 88.8 Å². The van der Waals surface area contributed by atoms with Crippen molar-refractivity contribution >= 4 is 11.7 Å². The molecule has 1 saturated heterocycles. The van der Waals surface area contributed by atoms with Crippen LogP contribution in [0.2, 0.25) is 0 Å². The maximum absolute atomic E-state index is 13.7. The largest absolute Gasteiger partial charge is 0.365 e. The van der Waals surface area contributed by atoms with Crippen molar-refractivity contribution in [3.05, 3.63) is 59.8 Å². The minimum absolute atomic E-state index is 0.0362. The second-order valence-electron chi connectivity index (χ2n) is 8.85. The van der Waals surface area contributed by atoms with Gasteiger partial charge in [-0.3, -0.25) is 4.79 Å². The molecule has 3 aromatic rings. The summed E-state index contributed by atoms with van der Waals surface area (Å²) in [5, 5.41) is 12.0. The number of hydrogen-bond acceptors (Lipinski definition) is 6. The first kappa shape index (κ1) is 17.6. The van der Waals surface area contributed by atoms with Crippen LogP contribution < -0.4 is 5.32 Å². The van der Waals surface area contributed by atoms with Crippen LogP contribution in [0.4, 0.5) is 5.82 Å². The van der Waals surface area contributed by atoms with Crippen molar-refractivity contribution in [1.29, 1.82) is 0 Å². The summed E-state index contributed by atoms with van der Waals surface area (Å²) in [7, 11) is 0. The summed E-state index contributed by atoms with van der Waals surface area (Å²) in [6.45, 7) is 4.73. The highest BCUT2D eigenvalue weighted by Gasteiger charge is 2.75. The lowest BCUT2D eigenvalue weighted by Crippen LogP contribution is -2.60. The first-order chi connectivity index (χ1) is 14.5. The van der Waals surface area contributed by atoms with Gasteiger partial charge in [0.15, 0.2) is 5.69 Å². The average molecular weight is 401 g/mol. The molecule has 152 valence electrons. The van der Waals surface area contributed by atoms with Crippen molar-refractivity contribution in [2.75, 3.05) is 11.9 Å². The van der Waals surface area contributed by atoms with Crippen molar-refractivity contribution in [3.8, 4) is 5.69 Å². The Kier molecular flexibility index (Phi) is 3.57. The molecule has 4 unspecified atom stereocenters. The number of nitrogens with one attached hydrogen (secondary N) is 1. The Morgan fingerprint density at radius 2 is 1.97 bits per heavy atom. The lowest BCUT2D eigenvalue weighted by molar-refractivity contribution is 0.0465. The normalized spacial score (nSPS) is 28.5. The number of rotatable bonds is 4. The zero-order chi connectivity index (χ0) is 20.5. The van der Waals surface area contributed by atoms with Crippen LogP contribution in [0, 0.1) is 25.2 Å². The van der Waals surface area contributed by atoms with Crippen LogP contribution in [0.25, 0.3) is 5.69 Å². The Labute approximate surface area is 174 Å². The standard InChI is InChI=1S/C22H23N7O/c1-13-3-6-18(23-11-13)27-16-10-22-9-15(22)12-28(20(16)22)21(30)19-17(5-4-14(2)26-19)29-24-7-8-25-29/h3-8,11,15-16,20H,9-10,12H2,1-2H3,(H,23,27). The molecule has 0 bridgehead atoms. The molecule has 1 aliphatic heterocycles. The van der Waals surface area contributed by atoms with Crippen LogP contribution in [0.15, 0.2) is 42.9 Å². The molecule has 3 aromatic heterocycles. The van der Waals surface area contributed by atoms with E-state index < -0.39 is 0 Å². The number of likely N-dealkylation sites (tertiary alicyclic amines) is 1. The van der Waals surface area contributed by atoms with Gasteiger partial charge in [-0.05, 0) is 61.8 Å². The van der Waals surface area contributed by atoms with Crippen LogP contribution in [0.5, 0.6) is 0 Å². The molecule has 8 nitrogen and oxygen atoms in total. The third kappa shape index (κ3) is 2.49. The Morgan fingerprint density at radius 1 is 1.13 bits per heavy atom. The number of anilines is 1. The second-order valence-corrected chi connectivity index (χ2v) is 8.85. The van der Waals surface area contributed by atoms with Crippen molar-refractivity contribution < 1.29 is 4.79 Å². The molecule has 6 rings (SSSR count). The van der Waals surface area contributed by atoms with E-state index in [1.54, 1.807) is 12.4 Å². The number of nitrogens with zero attached hydrogens (tertiary/aromatic N) is 6. The van der Waals surface area contributed by atoms with Crippen LogP contribution in [-0.4, -0.2) is 54.4 Å². The minimum atomic E-state index is -0.0362. The lowest BCUT2D eigenvalue weighted by Gasteiger charge is -2.48. The van der Waals surface area contributed by atoms with Gasteiger partial charge in [0.2, 0.25) is 0 Å². The summed E-state index contributed by atoms with van der Waals surface area (Å²) in [5.74, 6) is 1.43. The fourth-order valence-corrected chi connectivity index (χ4v) is 5.45. The Morgan fingerprint density at radius 3 is 2.73 bits per heavy atom. The van der Waals surface area contributed by atoms with Crippen molar-refractivity contribution in [2.24, 2.45) is 11.3 Å². The van der Waals surface area contributed by atoms with Crippen LogP contribution in [-0.2, 0) is 0 Å². The number of aromatic nitrogens is 5. The average Bonchev–Trinajstić information content (AvgIpc) is 3.10. The molecule has 1 N–H and O–H groups in total. The molecule has 3 aliphatic rings. The Hall–Kier alpha value is -3.29. The van der Waals surface area contributed by atoms with Gasteiger partial charge in [0.1, 0.15) is 11.5 Å². The molecule has 4 atom stereocenters. The Balaban J connectivity index is 1.30. The number of aryl methyl sites for hydroxylation is 2. The van der Waals surface area contributed by atoms with Gasteiger partial charge in [-0.2, -0.15) is 10.2 Å². The summed E-state index contributed by atoms with van der Waals surface area (Å²) in [6, 6.07) is 8.22. The van der Waals surface area contributed by atoms with Gasteiger partial charge in [-0.15, -0.1) is 4.80 Å². The molecule has 30 heavy (non-hydrogen) atoms. The summed E-state index contributed by atoms with van der Waals surface area (Å²) in [5.41, 5.74) is 3.26. The predicted octanol–water partition coefficient (Wildman–Crippen LogP) is 2.39. The van der Waals surface area contributed by atoms with E-state index in [1.807, 2.05) is 43.1 Å². The van der Waals surface area contributed by atoms with Crippen LogP contribution >= 0.6 is 0 Å². The van der Waals surface area contributed by atoms with Crippen LogP contribution in [0.3, 0.4) is 0 Å². The number of pyridine rings is 2. The number of carbonyl (C=O) groups is 1. The van der Waals surface area contributed by atoms with Gasteiger partial charge in [0, 0.05) is 24.5 Å². The summed E-state index contributed by atoms with van der Waals surface area (Å²) < 4.78 is 0. The number of hydrogen-bond donors (Lipinski definition) is 1. The van der Waals surface area contributed by atoms with Gasteiger partial charge in [-0.1, -0.05) is 6.07 Å². The molecule has 2 aliphatic carbocycles. The molecule has 8 heteroatoms. The van der Waals surface area contributed by atoms with Gasteiger partial charge >= 0.3 is 0 Å². The molecular formula is C22H23N7O. The van der Waals surface area contributed by atoms with E-state index >= 15 is 0 Å². The van der Waals surface area contributed by atoms with E-state index in [0.29, 0.717) is 17.3 Å². The van der Waals surface area contributed by atoms with Crippen LogP contribution in [0.1, 0.15) is 34.6 Å². The van der Waals surface area contributed by atoms with Crippen molar-refractivity contribution in [3.63, 3.8) is 0 Å². The zero-order valence-electron chi connectivity index (χ0n) is 17.0. The van der Waals surface area contributed by atoms with E-state index in [4.69, 9.17) is 0 Å². The highest BCUT2D eigenvalue weighted by Crippen LogP contribution is 2.71. The number of carbonyl (C=O) groups excluding carboxylic acids is 1. The quantitative estimate of drug-likeness (QED) is 0.722. The minimum Gasteiger partial charge on any atom is -0.365 e. The fourth-order valence-electron chi connectivity index (χ4n) is 5.45. The molecule has 3 fully saturated rings. The third-order valence-electron chi connectivity index (χ3n) is 6.96. The smallest absolute Gasteiger partial charge is 0.275 e. The SMILES string of the molecule is Cc1ccc(NC2CC34CC3CN(C(=O)c3nc(C)ccc3-n3nccn3)C24)nc1. The van der Waals surface area contributed by atoms with Gasteiger partial charge in [-0.25, -0.2) is 9.97 Å². The number of piperidine rings is 1. The first-order valence-corrected chi connectivity index (χ1v) is 10.4. The Bertz CT molecular complexity index is 1130. The van der Waals surface area contributed by atoms with E-state index in [-0.39, 0.29) is 23.4 Å². The molecule has 0 aromatic carbocycles. The molecule has 0 radical (unpaired) electrons. The van der Waals surface area contributed by atoms with E-state index in [2.05, 4.69) is 31.5 Å².